The minimum absolute atomic E-state index is 0.0890. The van der Waals surface area contributed by atoms with Gasteiger partial charge in [-0.05, 0) is 6.07 Å². The van der Waals surface area contributed by atoms with Gasteiger partial charge in [-0.2, -0.15) is 0 Å². The molecule has 4 heteroatoms. The van der Waals surface area contributed by atoms with E-state index in [1.54, 1.807) is 0 Å². The normalized spacial score (nSPS) is 17.6. The molecule has 1 aliphatic heterocycles. The summed E-state index contributed by atoms with van der Waals surface area (Å²) >= 11 is 0. The lowest BCUT2D eigenvalue weighted by atomic mass is 9.92. The van der Waals surface area contributed by atoms with Crippen molar-refractivity contribution < 1.29 is 0 Å². The Morgan fingerprint density at radius 2 is 1.94 bits per heavy atom. The minimum atomic E-state index is 0.0890. The van der Waals surface area contributed by atoms with E-state index < -0.39 is 0 Å². The van der Waals surface area contributed by atoms with E-state index in [1.807, 2.05) is 12.3 Å². The molecule has 1 aromatic heterocycles. The van der Waals surface area contributed by atoms with Crippen molar-refractivity contribution in [1.29, 1.82) is 0 Å². The van der Waals surface area contributed by atoms with Gasteiger partial charge in [0.25, 0.3) is 0 Å². The fourth-order valence-electron chi connectivity index (χ4n) is 1.78. The molecule has 0 saturated carbocycles. The predicted octanol–water partition coefficient (Wildman–Crippen LogP) is 1.18. The molecule has 1 N–H and O–H groups in total. The smallest absolute Gasteiger partial charge is 0.225 e. The van der Waals surface area contributed by atoms with E-state index >= 15 is 0 Å². The Balaban J connectivity index is 2.21. The second kappa shape index (κ2) is 4.37. The van der Waals surface area contributed by atoms with Gasteiger partial charge in [-0.3, -0.25) is 0 Å². The van der Waals surface area contributed by atoms with E-state index in [0.717, 1.165) is 37.8 Å². The summed E-state index contributed by atoms with van der Waals surface area (Å²) in [4.78, 5) is 11.3. The van der Waals surface area contributed by atoms with Crippen LogP contribution in [0, 0.1) is 0 Å². The topological polar surface area (TPSA) is 41.1 Å². The van der Waals surface area contributed by atoms with E-state index in [4.69, 9.17) is 0 Å². The van der Waals surface area contributed by atoms with Crippen LogP contribution in [0.15, 0.2) is 12.3 Å². The summed E-state index contributed by atoms with van der Waals surface area (Å²) in [6.07, 6.45) is 1.87. The van der Waals surface area contributed by atoms with Crippen molar-refractivity contribution in [2.24, 2.45) is 0 Å². The highest BCUT2D eigenvalue weighted by molar-refractivity contribution is 5.32. The summed E-state index contributed by atoms with van der Waals surface area (Å²) < 4.78 is 0. The number of nitrogens with zero attached hydrogens (tertiary/aromatic N) is 3. The highest BCUT2D eigenvalue weighted by Gasteiger charge is 2.18. The second-order valence-electron chi connectivity index (χ2n) is 5.23. The van der Waals surface area contributed by atoms with E-state index in [-0.39, 0.29) is 5.41 Å². The van der Waals surface area contributed by atoms with Crippen LogP contribution in [-0.4, -0.2) is 36.1 Å². The van der Waals surface area contributed by atoms with Crippen LogP contribution >= 0.6 is 0 Å². The van der Waals surface area contributed by atoms with Crippen LogP contribution in [0.4, 0.5) is 5.95 Å². The number of hydrogen-bond donors (Lipinski definition) is 1. The summed E-state index contributed by atoms with van der Waals surface area (Å²) in [6, 6.07) is 2.01. The molecule has 0 radical (unpaired) electrons. The van der Waals surface area contributed by atoms with E-state index in [1.165, 1.54) is 0 Å². The molecule has 2 rings (SSSR count). The number of nitrogens with one attached hydrogen (secondary N) is 1. The lowest BCUT2D eigenvalue weighted by Gasteiger charge is -2.28. The highest BCUT2D eigenvalue weighted by Crippen LogP contribution is 2.21. The van der Waals surface area contributed by atoms with Gasteiger partial charge in [-0.1, -0.05) is 20.8 Å². The zero-order valence-corrected chi connectivity index (χ0v) is 10.3. The molecule has 0 aromatic carbocycles. The van der Waals surface area contributed by atoms with Gasteiger partial charge in [0, 0.05) is 37.8 Å². The molecular formula is C12H20N4. The first kappa shape index (κ1) is 11.3. The highest BCUT2D eigenvalue weighted by atomic mass is 15.3. The Morgan fingerprint density at radius 1 is 1.25 bits per heavy atom. The third-order valence-electron chi connectivity index (χ3n) is 2.81. The molecular weight excluding hydrogens is 200 g/mol. The van der Waals surface area contributed by atoms with Crippen LogP contribution in [0.25, 0.3) is 0 Å². The van der Waals surface area contributed by atoms with Crippen LogP contribution in [0.3, 0.4) is 0 Å². The average molecular weight is 220 g/mol. The quantitative estimate of drug-likeness (QED) is 0.771. The molecule has 2 heterocycles. The third-order valence-corrected chi connectivity index (χ3v) is 2.81. The van der Waals surface area contributed by atoms with Gasteiger partial charge >= 0.3 is 0 Å². The second-order valence-corrected chi connectivity index (χ2v) is 5.23. The van der Waals surface area contributed by atoms with Crippen molar-refractivity contribution in [3.05, 3.63) is 18.0 Å². The minimum Gasteiger partial charge on any atom is -0.338 e. The van der Waals surface area contributed by atoms with Crippen molar-refractivity contribution in [3.63, 3.8) is 0 Å². The molecule has 4 nitrogen and oxygen atoms in total. The van der Waals surface area contributed by atoms with Gasteiger partial charge in [0.15, 0.2) is 0 Å². The lowest BCUT2D eigenvalue weighted by Crippen LogP contribution is -2.44. The first-order valence-electron chi connectivity index (χ1n) is 5.86. The number of hydrogen-bond acceptors (Lipinski definition) is 4. The number of rotatable bonds is 1. The Labute approximate surface area is 97.1 Å². The van der Waals surface area contributed by atoms with Crippen molar-refractivity contribution >= 4 is 5.95 Å². The van der Waals surface area contributed by atoms with Crippen LogP contribution in [-0.2, 0) is 5.41 Å². The van der Waals surface area contributed by atoms with Gasteiger partial charge in [-0.15, -0.1) is 0 Å². The van der Waals surface area contributed by atoms with Crippen LogP contribution in [0.2, 0.25) is 0 Å². The monoisotopic (exact) mass is 220 g/mol. The van der Waals surface area contributed by atoms with Crippen molar-refractivity contribution in [2.45, 2.75) is 26.2 Å². The molecule has 1 aromatic rings. The van der Waals surface area contributed by atoms with Crippen LogP contribution in [0.1, 0.15) is 26.5 Å². The van der Waals surface area contributed by atoms with Gasteiger partial charge in [0.2, 0.25) is 5.95 Å². The molecule has 88 valence electrons. The van der Waals surface area contributed by atoms with Crippen molar-refractivity contribution in [2.75, 3.05) is 31.1 Å². The molecule has 1 aliphatic rings. The Hall–Kier alpha value is -1.16. The van der Waals surface area contributed by atoms with E-state index in [0.29, 0.717) is 0 Å². The first-order valence-corrected chi connectivity index (χ1v) is 5.86. The summed E-state index contributed by atoms with van der Waals surface area (Å²) in [5, 5.41) is 3.33. The zero-order valence-electron chi connectivity index (χ0n) is 10.3. The van der Waals surface area contributed by atoms with Crippen molar-refractivity contribution in [1.82, 2.24) is 15.3 Å². The fraction of sp³-hybridized carbons (Fsp3) is 0.667. The molecule has 1 saturated heterocycles. The van der Waals surface area contributed by atoms with Gasteiger partial charge in [0.1, 0.15) is 0 Å². The maximum atomic E-state index is 4.65. The molecule has 16 heavy (non-hydrogen) atoms. The Bertz CT molecular complexity index is 350. The van der Waals surface area contributed by atoms with E-state index in [9.17, 15) is 0 Å². The zero-order chi connectivity index (χ0) is 11.6. The van der Waals surface area contributed by atoms with Crippen LogP contribution in [0.5, 0.6) is 0 Å². The summed E-state index contributed by atoms with van der Waals surface area (Å²) in [7, 11) is 0. The number of piperazine rings is 1. The predicted molar refractivity (Wildman–Crippen MR) is 65.8 cm³/mol. The largest absolute Gasteiger partial charge is 0.338 e. The summed E-state index contributed by atoms with van der Waals surface area (Å²) in [5.41, 5.74) is 1.20. The van der Waals surface area contributed by atoms with Gasteiger partial charge in [-0.25, -0.2) is 9.97 Å². The molecule has 0 unspecified atom stereocenters. The molecule has 0 spiro atoms. The average Bonchev–Trinajstić information content (AvgIpc) is 2.29. The molecule has 1 fully saturated rings. The lowest BCUT2D eigenvalue weighted by molar-refractivity contribution is 0.552. The maximum Gasteiger partial charge on any atom is 0.225 e. The fourth-order valence-corrected chi connectivity index (χ4v) is 1.78. The SMILES string of the molecule is CC(C)(C)c1ccnc(N2CCNCC2)n1. The molecule has 0 amide bonds. The van der Waals surface area contributed by atoms with E-state index in [2.05, 4.69) is 41.0 Å². The van der Waals surface area contributed by atoms with Gasteiger partial charge < -0.3 is 10.2 Å². The number of aromatic nitrogens is 2. The Morgan fingerprint density at radius 3 is 2.56 bits per heavy atom. The molecule has 0 atom stereocenters. The first-order chi connectivity index (χ1) is 7.57. The Kier molecular flexibility index (Phi) is 3.10. The summed E-state index contributed by atoms with van der Waals surface area (Å²) in [6.45, 7) is 10.6. The standard InChI is InChI=1S/C12H20N4/c1-12(2,3)10-4-5-14-11(15-10)16-8-6-13-7-9-16/h4-5,13H,6-9H2,1-3H3. The number of anilines is 1. The molecule has 0 aliphatic carbocycles. The maximum absolute atomic E-state index is 4.65. The van der Waals surface area contributed by atoms with Crippen LogP contribution < -0.4 is 10.2 Å². The third kappa shape index (κ3) is 2.50. The van der Waals surface area contributed by atoms with Crippen molar-refractivity contribution in [3.8, 4) is 0 Å². The molecule has 0 bridgehead atoms. The summed E-state index contributed by atoms with van der Waals surface area (Å²) in [5.74, 6) is 0.869. The van der Waals surface area contributed by atoms with Gasteiger partial charge in [0.05, 0.1) is 5.69 Å².